The number of aliphatic hydroxyl groups is 1. The molecule has 3 rings (SSSR count). The highest BCUT2D eigenvalue weighted by Crippen LogP contribution is 2.34. The van der Waals surface area contributed by atoms with Gasteiger partial charge in [-0.25, -0.2) is 0 Å². The van der Waals surface area contributed by atoms with Gasteiger partial charge in [-0.3, -0.25) is 0 Å². The SMILES string of the molecule is COc1ccccc1C(O)C1Cc2ccccc2N1. The molecule has 2 atom stereocenters. The van der Waals surface area contributed by atoms with E-state index in [-0.39, 0.29) is 6.04 Å². The molecule has 2 unspecified atom stereocenters. The highest BCUT2D eigenvalue weighted by molar-refractivity contribution is 5.57. The van der Waals surface area contributed by atoms with E-state index in [1.54, 1.807) is 7.11 Å². The molecule has 19 heavy (non-hydrogen) atoms. The first-order chi connectivity index (χ1) is 9.29. The fourth-order valence-electron chi connectivity index (χ4n) is 2.64. The monoisotopic (exact) mass is 255 g/mol. The van der Waals surface area contributed by atoms with Crippen LogP contribution in [0.5, 0.6) is 5.75 Å². The molecule has 0 amide bonds. The first-order valence-corrected chi connectivity index (χ1v) is 6.45. The Morgan fingerprint density at radius 2 is 1.89 bits per heavy atom. The number of anilines is 1. The van der Waals surface area contributed by atoms with Crippen LogP contribution in [-0.4, -0.2) is 18.3 Å². The summed E-state index contributed by atoms with van der Waals surface area (Å²) < 4.78 is 5.32. The molecule has 0 saturated carbocycles. The van der Waals surface area contributed by atoms with Crippen LogP contribution < -0.4 is 10.1 Å². The lowest BCUT2D eigenvalue weighted by Gasteiger charge is -2.21. The summed E-state index contributed by atoms with van der Waals surface area (Å²) in [6, 6.07) is 15.8. The van der Waals surface area contributed by atoms with Crippen LogP contribution in [0.1, 0.15) is 17.2 Å². The van der Waals surface area contributed by atoms with Crippen LogP contribution >= 0.6 is 0 Å². The van der Waals surface area contributed by atoms with Crippen LogP contribution in [-0.2, 0) is 6.42 Å². The number of hydrogen-bond donors (Lipinski definition) is 2. The summed E-state index contributed by atoms with van der Waals surface area (Å²) >= 11 is 0. The van der Waals surface area contributed by atoms with Crippen LogP contribution in [0.3, 0.4) is 0 Å². The van der Waals surface area contributed by atoms with Crippen molar-refractivity contribution in [2.24, 2.45) is 0 Å². The van der Waals surface area contributed by atoms with Gasteiger partial charge in [-0.2, -0.15) is 0 Å². The minimum atomic E-state index is -0.580. The minimum Gasteiger partial charge on any atom is -0.496 e. The van der Waals surface area contributed by atoms with Crippen molar-refractivity contribution in [1.82, 2.24) is 0 Å². The third-order valence-corrected chi connectivity index (χ3v) is 3.64. The Morgan fingerprint density at radius 1 is 1.16 bits per heavy atom. The number of benzene rings is 2. The summed E-state index contributed by atoms with van der Waals surface area (Å²) in [4.78, 5) is 0. The molecular formula is C16H17NO2. The van der Waals surface area contributed by atoms with Gasteiger partial charge >= 0.3 is 0 Å². The third-order valence-electron chi connectivity index (χ3n) is 3.64. The van der Waals surface area contributed by atoms with Gasteiger partial charge in [0.2, 0.25) is 0 Å². The average Bonchev–Trinajstić information content (AvgIpc) is 2.90. The second kappa shape index (κ2) is 4.94. The van der Waals surface area contributed by atoms with Crippen molar-refractivity contribution < 1.29 is 9.84 Å². The van der Waals surface area contributed by atoms with Crippen LogP contribution in [0.15, 0.2) is 48.5 Å². The van der Waals surface area contributed by atoms with E-state index in [1.807, 2.05) is 42.5 Å². The van der Waals surface area contributed by atoms with Crippen molar-refractivity contribution in [2.45, 2.75) is 18.6 Å². The number of nitrogens with one attached hydrogen (secondary N) is 1. The molecule has 0 bridgehead atoms. The molecule has 0 fully saturated rings. The van der Waals surface area contributed by atoms with Gasteiger partial charge in [-0.05, 0) is 24.1 Å². The van der Waals surface area contributed by atoms with E-state index in [1.165, 1.54) is 5.56 Å². The lowest BCUT2D eigenvalue weighted by molar-refractivity contribution is 0.153. The van der Waals surface area contributed by atoms with Gasteiger partial charge in [0.15, 0.2) is 0 Å². The quantitative estimate of drug-likeness (QED) is 0.886. The Labute approximate surface area is 112 Å². The summed E-state index contributed by atoms with van der Waals surface area (Å²) in [6.07, 6.45) is 0.249. The standard InChI is InChI=1S/C16H17NO2/c1-19-15-9-5-3-7-12(15)16(18)14-10-11-6-2-4-8-13(11)17-14/h2-9,14,16-18H,10H2,1H3. The lowest BCUT2D eigenvalue weighted by atomic mass is 9.98. The molecule has 2 aromatic carbocycles. The highest BCUT2D eigenvalue weighted by atomic mass is 16.5. The molecule has 1 heterocycles. The predicted molar refractivity (Wildman–Crippen MR) is 75.5 cm³/mol. The molecule has 3 heteroatoms. The third kappa shape index (κ3) is 2.17. The van der Waals surface area contributed by atoms with Gasteiger partial charge in [0, 0.05) is 11.3 Å². The van der Waals surface area contributed by atoms with Crippen LogP contribution in [0.4, 0.5) is 5.69 Å². The number of ether oxygens (including phenoxy) is 1. The van der Waals surface area contributed by atoms with Gasteiger partial charge in [0.05, 0.1) is 13.2 Å². The highest BCUT2D eigenvalue weighted by Gasteiger charge is 2.29. The van der Waals surface area contributed by atoms with E-state index in [0.29, 0.717) is 0 Å². The number of fused-ring (bicyclic) bond motifs is 1. The Morgan fingerprint density at radius 3 is 2.68 bits per heavy atom. The summed E-state index contributed by atoms with van der Waals surface area (Å²) in [5.41, 5.74) is 3.19. The Balaban J connectivity index is 1.85. The topological polar surface area (TPSA) is 41.5 Å². The summed E-state index contributed by atoms with van der Waals surface area (Å²) in [6.45, 7) is 0. The first-order valence-electron chi connectivity index (χ1n) is 6.45. The summed E-state index contributed by atoms with van der Waals surface area (Å²) in [7, 11) is 1.63. The van der Waals surface area contributed by atoms with Crippen molar-refractivity contribution in [1.29, 1.82) is 0 Å². The van der Waals surface area contributed by atoms with Crippen LogP contribution in [0, 0.1) is 0 Å². The predicted octanol–water partition coefficient (Wildman–Crippen LogP) is 2.77. The summed E-state index contributed by atoms with van der Waals surface area (Å²) in [5.74, 6) is 0.729. The van der Waals surface area contributed by atoms with Gasteiger partial charge in [-0.15, -0.1) is 0 Å². The van der Waals surface area contributed by atoms with E-state index in [4.69, 9.17) is 4.74 Å². The number of rotatable bonds is 3. The van der Waals surface area contributed by atoms with Crippen molar-refractivity contribution in [3.05, 3.63) is 59.7 Å². The van der Waals surface area contributed by atoms with E-state index < -0.39 is 6.10 Å². The molecule has 0 radical (unpaired) electrons. The second-order valence-corrected chi connectivity index (χ2v) is 4.80. The molecule has 1 aliphatic heterocycles. The Kier molecular flexibility index (Phi) is 3.13. The maximum Gasteiger partial charge on any atom is 0.124 e. The fourth-order valence-corrected chi connectivity index (χ4v) is 2.64. The molecule has 2 N–H and O–H groups in total. The van der Waals surface area contributed by atoms with E-state index in [0.717, 1.165) is 23.4 Å². The molecule has 0 spiro atoms. The molecule has 3 nitrogen and oxygen atoms in total. The largest absolute Gasteiger partial charge is 0.496 e. The number of para-hydroxylation sites is 2. The minimum absolute atomic E-state index is 0.00583. The molecule has 1 aliphatic rings. The number of aliphatic hydroxyl groups excluding tert-OH is 1. The fraction of sp³-hybridized carbons (Fsp3) is 0.250. The average molecular weight is 255 g/mol. The second-order valence-electron chi connectivity index (χ2n) is 4.80. The Hall–Kier alpha value is -2.00. The zero-order chi connectivity index (χ0) is 13.2. The Bertz CT molecular complexity index is 557. The first kappa shape index (κ1) is 12.1. The molecule has 98 valence electrons. The maximum atomic E-state index is 10.6. The van der Waals surface area contributed by atoms with E-state index >= 15 is 0 Å². The van der Waals surface area contributed by atoms with Crippen molar-refractivity contribution in [3.8, 4) is 5.75 Å². The van der Waals surface area contributed by atoms with Gasteiger partial charge in [-0.1, -0.05) is 36.4 Å². The van der Waals surface area contributed by atoms with Crippen molar-refractivity contribution in [3.63, 3.8) is 0 Å². The maximum absolute atomic E-state index is 10.6. The van der Waals surface area contributed by atoms with E-state index in [2.05, 4.69) is 11.4 Å². The molecular weight excluding hydrogens is 238 g/mol. The summed E-state index contributed by atoms with van der Waals surface area (Å²) in [5, 5.41) is 13.9. The van der Waals surface area contributed by atoms with Crippen molar-refractivity contribution in [2.75, 3.05) is 12.4 Å². The van der Waals surface area contributed by atoms with Crippen molar-refractivity contribution >= 4 is 5.69 Å². The zero-order valence-electron chi connectivity index (χ0n) is 10.8. The van der Waals surface area contributed by atoms with E-state index in [9.17, 15) is 5.11 Å². The molecule has 0 saturated heterocycles. The van der Waals surface area contributed by atoms with Gasteiger partial charge in [0.25, 0.3) is 0 Å². The number of methoxy groups -OCH3 is 1. The molecule has 0 aromatic heterocycles. The van der Waals surface area contributed by atoms with Crippen LogP contribution in [0.2, 0.25) is 0 Å². The zero-order valence-corrected chi connectivity index (χ0v) is 10.8. The van der Waals surface area contributed by atoms with Gasteiger partial charge < -0.3 is 15.2 Å². The molecule has 2 aromatic rings. The smallest absolute Gasteiger partial charge is 0.124 e. The van der Waals surface area contributed by atoms with Crippen LogP contribution in [0.25, 0.3) is 0 Å². The lowest BCUT2D eigenvalue weighted by Crippen LogP contribution is -2.25. The number of hydrogen-bond acceptors (Lipinski definition) is 3. The molecule has 0 aliphatic carbocycles. The van der Waals surface area contributed by atoms with Gasteiger partial charge in [0.1, 0.15) is 11.9 Å². The normalized spacial score (nSPS) is 18.5.